The summed E-state index contributed by atoms with van der Waals surface area (Å²) in [5, 5.41) is 0. The molecule has 4 nitrogen and oxygen atoms in total. The average Bonchev–Trinajstić information content (AvgIpc) is 2.91. The molecule has 1 saturated heterocycles. The van der Waals surface area contributed by atoms with Crippen molar-refractivity contribution >= 4 is 12.4 Å². The second kappa shape index (κ2) is 10.1. The smallest absolute Gasteiger partial charge is 0.0700 e. The van der Waals surface area contributed by atoms with Crippen molar-refractivity contribution in [3.8, 4) is 0 Å². The number of hydrogen-bond donors (Lipinski definition) is 1. The van der Waals surface area contributed by atoms with E-state index in [0.29, 0.717) is 25.0 Å². The standard InChI is InChI=1S/C16H26N2O2.ClH/c1-19-9-10-20-8-7-18-12-15(11-17)16(13-18)14-5-3-2-4-6-14;/h2-6,15-16H,7-13,17H2,1H3;1H/t15-,16+;/m1./s1. The van der Waals surface area contributed by atoms with E-state index in [9.17, 15) is 0 Å². The van der Waals surface area contributed by atoms with E-state index in [-0.39, 0.29) is 12.4 Å². The molecule has 0 amide bonds. The Labute approximate surface area is 134 Å². The van der Waals surface area contributed by atoms with Crippen LogP contribution in [0.15, 0.2) is 30.3 Å². The van der Waals surface area contributed by atoms with Crippen LogP contribution in [0, 0.1) is 5.92 Å². The summed E-state index contributed by atoms with van der Waals surface area (Å²) in [6.45, 7) is 5.99. The van der Waals surface area contributed by atoms with E-state index < -0.39 is 0 Å². The van der Waals surface area contributed by atoms with E-state index in [1.54, 1.807) is 7.11 Å². The number of halogens is 1. The summed E-state index contributed by atoms with van der Waals surface area (Å²) in [7, 11) is 1.69. The Morgan fingerprint density at radius 1 is 1.14 bits per heavy atom. The molecule has 5 heteroatoms. The van der Waals surface area contributed by atoms with Crippen molar-refractivity contribution in [1.82, 2.24) is 4.90 Å². The number of likely N-dealkylation sites (tertiary alicyclic amines) is 1. The highest BCUT2D eigenvalue weighted by atomic mass is 35.5. The van der Waals surface area contributed by atoms with E-state index in [1.807, 2.05) is 0 Å². The summed E-state index contributed by atoms with van der Waals surface area (Å²) in [5.74, 6) is 1.11. The fourth-order valence-electron chi connectivity index (χ4n) is 2.90. The molecule has 2 atom stereocenters. The van der Waals surface area contributed by atoms with E-state index >= 15 is 0 Å². The summed E-state index contributed by atoms with van der Waals surface area (Å²) >= 11 is 0. The normalized spacial score (nSPS) is 22.2. The van der Waals surface area contributed by atoms with Gasteiger partial charge >= 0.3 is 0 Å². The third-order valence-electron chi connectivity index (χ3n) is 4.03. The zero-order valence-corrected chi connectivity index (χ0v) is 13.6. The summed E-state index contributed by atoms with van der Waals surface area (Å²) in [4.78, 5) is 2.46. The first-order valence-corrected chi connectivity index (χ1v) is 7.39. The number of nitrogens with two attached hydrogens (primary N) is 1. The number of ether oxygens (including phenoxy) is 2. The quantitative estimate of drug-likeness (QED) is 0.743. The van der Waals surface area contributed by atoms with Crippen LogP contribution >= 0.6 is 12.4 Å². The zero-order valence-electron chi connectivity index (χ0n) is 12.7. The van der Waals surface area contributed by atoms with Gasteiger partial charge in [0.1, 0.15) is 0 Å². The number of nitrogens with zero attached hydrogens (tertiary/aromatic N) is 1. The minimum Gasteiger partial charge on any atom is -0.382 e. The molecular formula is C16H27ClN2O2. The third kappa shape index (κ3) is 5.57. The third-order valence-corrected chi connectivity index (χ3v) is 4.03. The number of benzene rings is 1. The summed E-state index contributed by atoms with van der Waals surface area (Å²) in [6, 6.07) is 10.7. The van der Waals surface area contributed by atoms with Gasteiger partial charge in [-0.1, -0.05) is 30.3 Å². The molecule has 2 rings (SSSR count). The van der Waals surface area contributed by atoms with Crippen molar-refractivity contribution in [2.75, 3.05) is 53.1 Å². The van der Waals surface area contributed by atoms with Gasteiger partial charge in [0.15, 0.2) is 0 Å². The van der Waals surface area contributed by atoms with E-state index in [1.165, 1.54) is 5.56 Å². The Bertz CT molecular complexity index is 378. The molecule has 0 spiro atoms. The van der Waals surface area contributed by atoms with Gasteiger partial charge in [-0.25, -0.2) is 0 Å². The Balaban J connectivity index is 0.00000220. The second-order valence-electron chi connectivity index (χ2n) is 5.38. The van der Waals surface area contributed by atoms with Gasteiger partial charge in [0.25, 0.3) is 0 Å². The maximum atomic E-state index is 5.94. The number of rotatable bonds is 8. The molecule has 1 aliphatic rings. The number of hydrogen-bond acceptors (Lipinski definition) is 4. The molecule has 0 unspecified atom stereocenters. The second-order valence-corrected chi connectivity index (χ2v) is 5.38. The predicted octanol–water partition coefficient (Wildman–Crippen LogP) is 1.75. The van der Waals surface area contributed by atoms with Crippen molar-refractivity contribution in [2.24, 2.45) is 11.7 Å². The summed E-state index contributed by atoms with van der Waals surface area (Å²) < 4.78 is 10.5. The molecule has 1 aromatic carbocycles. The predicted molar refractivity (Wildman–Crippen MR) is 88.1 cm³/mol. The highest BCUT2D eigenvalue weighted by molar-refractivity contribution is 5.85. The highest BCUT2D eigenvalue weighted by Gasteiger charge is 2.32. The van der Waals surface area contributed by atoms with Gasteiger partial charge in [-0.05, 0) is 18.0 Å². The van der Waals surface area contributed by atoms with Crippen LogP contribution in [0.5, 0.6) is 0 Å². The van der Waals surface area contributed by atoms with Crippen molar-refractivity contribution < 1.29 is 9.47 Å². The lowest BCUT2D eigenvalue weighted by Crippen LogP contribution is -2.27. The van der Waals surface area contributed by atoms with Gasteiger partial charge in [-0.3, -0.25) is 0 Å². The molecule has 2 N–H and O–H groups in total. The van der Waals surface area contributed by atoms with Crippen LogP contribution in [0.4, 0.5) is 0 Å². The summed E-state index contributed by atoms with van der Waals surface area (Å²) in [6.07, 6.45) is 0. The molecule has 0 saturated carbocycles. The molecule has 0 bridgehead atoms. The molecule has 21 heavy (non-hydrogen) atoms. The van der Waals surface area contributed by atoms with Crippen LogP contribution in [0.3, 0.4) is 0 Å². The first-order chi connectivity index (χ1) is 9.85. The topological polar surface area (TPSA) is 47.7 Å². The molecule has 1 aliphatic heterocycles. The van der Waals surface area contributed by atoms with Gasteiger partial charge in [0.05, 0.1) is 19.8 Å². The van der Waals surface area contributed by atoms with E-state index in [0.717, 1.165) is 32.8 Å². The van der Waals surface area contributed by atoms with Crippen molar-refractivity contribution in [1.29, 1.82) is 0 Å². The lowest BCUT2D eigenvalue weighted by atomic mass is 9.89. The SMILES string of the molecule is COCCOCCN1C[C@@H](CN)[C@H](c2ccccc2)C1.Cl. The minimum atomic E-state index is 0. The minimum absolute atomic E-state index is 0. The van der Waals surface area contributed by atoms with Gasteiger partial charge in [0, 0.05) is 32.7 Å². The first-order valence-electron chi connectivity index (χ1n) is 7.39. The maximum Gasteiger partial charge on any atom is 0.0700 e. The maximum absolute atomic E-state index is 5.94. The first kappa shape index (κ1) is 18.4. The number of methoxy groups -OCH3 is 1. The van der Waals surface area contributed by atoms with Gasteiger partial charge in [-0.15, -0.1) is 12.4 Å². The van der Waals surface area contributed by atoms with E-state index in [2.05, 4.69) is 35.2 Å². The molecule has 1 aromatic rings. The van der Waals surface area contributed by atoms with Gasteiger partial charge < -0.3 is 20.1 Å². The lowest BCUT2D eigenvalue weighted by molar-refractivity contribution is 0.0598. The molecule has 0 radical (unpaired) electrons. The van der Waals surface area contributed by atoms with Crippen LogP contribution in [0.2, 0.25) is 0 Å². The van der Waals surface area contributed by atoms with Gasteiger partial charge in [-0.2, -0.15) is 0 Å². The molecule has 0 aliphatic carbocycles. The van der Waals surface area contributed by atoms with Crippen LogP contribution in [0.25, 0.3) is 0 Å². The molecule has 1 heterocycles. The molecular weight excluding hydrogens is 288 g/mol. The average molecular weight is 315 g/mol. The summed E-state index contributed by atoms with van der Waals surface area (Å²) in [5.41, 5.74) is 7.35. The Kier molecular flexibility index (Phi) is 8.88. The van der Waals surface area contributed by atoms with Crippen molar-refractivity contribution in [3.63, 3.8) is 0 Å². The van der Waals surface area contributed by atoms with E-state index in [4.69, 9.17) is 15.2 Å². The fourth-order valence-corrected chi connectivity index (χ4v) is 2.90. The van der Waals surface area contributed by atoms with Crippen molar-refractivity contribution in [2.45, 2.75) is 5.92 Å². The highest BCUT2D eigenvalue weighted by Crippen LogP contribution is 2.31. The van der Waals surface area contributed by atoms with Gasteiger partial charge in [0.2, 0.25) is 0 Å². The molecule has 0 aromatic heterocycles. The molecule has 120 valence electrons. The molecule has 1 fully saturated rings. The Hall–Kier alpha value is -0.650. The Morgan fingerprint density at radius 2 is 1.90 bits per heavy atom. The Morgan fingerprint density at radius 3 is 2.57 bits per heavy atom. The van der Waals surface area contributed by atoms with Crippen LogP contribution in [-0.2, 0) is 9.47 Å². The fraction of sp³-hybridized carbons (Fsp3) is 0.625. The largest absolute Gasteiger partial charge is 0.382 e. The van der Waals surface area contributed by atoms with Crippen molar-refractivity contribution in [3.05, 3.63) is 35.9 Å². The van der Waals surface area contributed by atoms with Crippen LogP contribution in [-0.4, -0.2) is 58.0 Å². The zero-order chi connectivity index (χ0) is 14.2. The van der Waals surface area contributed by atoms with Crippen LogP contribution in [0.1, 0.15) is 11.5 Å². The monoisotopic (exact) mass is 314 g/mol. The van der Waals surface area contributed by atoms with Crippen LogP contribution < -0.4 is 5.73 Å². The lowest BCUT2D eigenvalue weighted by Gasteiger charge is -2.16.